The summed E-state index contributed by atoms with van der Waals surface area (Å²) in [6, 6.07) is 9.29. The van der Waals surface area contributed by atoms with Crippen molar-refractivity contribution in [2.24, 2.45) is 0 Å². The van der Waals surface area contributed by atoms with Gasteiger partial charge in [0.1, 0.15) is 17.8 Å². The number of hydrogen-bond acceptors (Lipinski definition) is 5. The maximum Gasteiger partial charge on any atom is 0.270 e. The molecular formula is C15H17BrN4O2. The van der Waals surface area contributed by atoms with Gasteiger partial charge in [-0.05, 0) is 34.5 Å². The number of ether oxygens (including phenoxy) is 1. The van der Waals surface area contributed by atoms with Crippen LogP contribution >= 0.6 is 15.9 Å². The highest BCUT2D eigenvalue weighted by molar-refractivity contribution is 9.10. The third-order valence-corrected chi connectivity index (χ3v) is 3.54. The van der Waals surface area contributed by atoms with Gasteiger partial charge >= 0.3 is 0 Å². The zero-order valence-electron chi connectivity index (χ0n) is 12.2. The van der Waals surface area contributed by atoms with Crippen LogP contribution in [0.15, 0.2) is 41.1 Å². The number of anilines is 2. The molecule has 0 spiro atoms. The Kier molecular flexibility index (Phi) is 6.29. The molecular weight excluding hydrogens is 348 g/mol. The molecule has 0 saturated carbocycles. The summed E-state index contributed by atoms with van der Waals surface area (Å²) in [5, 5.41) is 5.94. The van der Waals surface area contributed by atoms with Crippen LogP contribution in [0, 0.1) is 0 Å². The van der Waals surface area contributed by atoms with Crippen molar-refractivity contribution in [1.82, 2.24) is 15.3 Å². The zero-order chi connectivity index (χ0) is 15.8. The summed E-state index contributed by atoms with van der Waals surface area (Å²) in [5.74, 6) is 0.331. The first-order valence-corrected chi connectivity index (χ1v) is 7.60. The summed E-state index contributed by atoms with van der Waals surface area (Å²) in [4.78, 5) is 20.1. The number of benzene rings is 1. The average molecular weight is 365 g/mol. The number of nitrogens with one attached hydrogen (secondary N) is 2. The lowest BCUT2D eigenvalue weighted by Crippen LogP contribution is -2.26. The smallest absolute Gasteiger partial charge is 0.270 e. The number of halogens is 1. The van der Waals surface area contributed by atoms with E-state index < -0.39 is 0 Å². The Bertz CT molecular complexity index is 636. The second kappa shape index (κ2) is 8.45. The van der Waals surface area contributed by atoms with Gasteiger partial charge in [-0.2, -0.15) is 0 Å². The fraction of sp³-hybridized carbons (Fsp3) is 0.267. The minimum absolute atomic E-state index is 0.228. The molecule has 1 amide bonds. The molecule has 1 aromatic carbocycles. The number of rotatable bonds is 7. The van der Waals surface area contributed by atoms with Crippen LogP contribution in [0.2, 0.25) is 0 Å². The standard InChI is InChI=1S/C15H17BrN4O2/c1-22-8-4-7-17-15(21)13-9-14(19-10-18-13)20-12-6-3-2-5-11(12)16/h2-3,5-6,9-10H,4,7-8H2,1H3,(H,17,21)(H,18,19,20). The topological polar surface area (TPSA) is 76.1 Å². The van der Waals surface area contributed by atoms with E-state index in [4.69, 9.17) is 4.74 Å². The zero-order valence-corrected chi connectivity index (χ0v) is 13.8. The van der Waals surface area contributed by atoms with Crippen LogP contribution in [-0.2, 0) is 4.74 Å². The SMILES string of the molecule is COCCCNC(=O)c1cc(Nc2ccccc2Br)ncn1. The van der Waals surface area contributed by atoms with E-state index in [0.717, 1.165) is 16.6 Å². The van der Waals surface area contributed by atoms with Crippen LogP contribution in [-0.4, -0.2) is 36.1 Å². The Morgan fingerprint density at radius 3 is 2.91 bits per heavy atom. The van der Waals surface area contributed by atoms with Crippen LogP contribution < -0.4 is 10.6 Å². The molecule has 0 bridgehead atoms. The molecule has 1 heterocycles. The molecule has 116 valence electrons. The van der Waals surface area contributed by atoms with E-state index in [1.165, 1.54) is 6.33 Å². The molecule has 2 rings (SSSR count). The van der Waals surface area contributed by atoms with Gasteiger partial charge in [-0.15, -0.1) is 0 Å². The van der Waals surface area contributed by atoms with E-state index in [0.29, 0.717) is 24.7 Å². The summed E-state index contributed by atoms with van der Waals surface area (Å²) in [6.07, 6.45) is 2.12. The first-order valence-electron chi connectivity index (χ1n) is 6.81. The van der Waals surface area contributed by atoms with Crippen molar-refractivity contribution in [1.29, 1.82) is 0 Å². The fourth-order valence-electron chi connectivity index (χ4n) is 1.76. The van der Waals surface area contributed by atoms with E-state index in [-0.39, 0.29) is 5.91 Å². The monoisotopic (exact) mass is 364 g/mol. The highest BCUT2D eigenvalue weighted by Crippen LogP contribution is 2.24. The Labute approximate surface area is 137 Å². The molecule has 0 aliphatic heterocycles. The summed E-state index contributed by atoms with van der Waals surface area (Å²) in [5.41, 5.74) is 1.19. The molecule has 0 aliphatic carbocycles. The van der Waals surface area contributed by atoms with Crippen molar-refractivity contribution in [2.75, 3.05) is 25.6 Å². The number of hydrogen-bond donors (Lipinski definition) is 2. The van der Waals surface area contributed by atoms with Crippen molar-refractivity contribution in [3.8, 4) is 0 Å². The van der Waals surface area contributed by atoms with Crippen molar-refractivity contribution in [3.63, 3.8) is 0 Å². The van der Waals surface area contributed by atoms with Crippen LogP contribution in [0.1, 0.15) is 16.9 Å². The maximum absolute atomic E-state index is 12.0. The first kappa shape index (κ1) is 16.4. The Morgan fingerprint density at radius 1 is 1.32 bits per heavy atom. The molecule has 0 aliphatic rings. The van der Waals surface area contributed by atoms with Crippen molar-refractivity contribution in [3.05, 3.63) is 46.8 Å². The largest absolute Gasteiger partial charge is 0.385 e. The number of methoxy groups -OCH3 is 1. The average Bonchev–Trinajstić information content (AvgIpc) is 2.54. The number of carbonyl (C=O) groups is 1. The second-order valence-corrected chi connectivity index (χ2v) is 5.35. The lowest BCUT2D eigenvalue weighted by atomic mass is 10.3. The molecule has 0 atom stereocenters. The van der Waals surface area contributed by atoms with Gasteiger partial charge in [-0.3, -0.25) is 4.79 Å². The molecule has 2 aromatic rings. The van der Waals surface area contributed by atoms with Crippen LogP contribution in [0.4, 0.5) is 11.5 Å². The molecule has 6 nitrogen and oxygen atoms in total. The summed E-state index contributed by atoms with van der Waals surface area (Å²) in [6.45, 7) is 1.16. The number of para-hydroxylation sites is 1. The van der Waals surface area contributed by atoms with Gasteiger partial charge in [-0.1, -0.05) is 12.1 Å². The highest BCUT2D eigenvalue weighted by atomic mass is 79.9. The third kappa shape index (κ3) is 4.78. The quantitative estimate of drug-likeness (QED) is 0.738. The lowest BCUT2D eigenvalue weighted by molar-refractivity contribution is 0.0943. The normalized spacial score (nSPS) is 10.3. The van der Waals surface area contributed by atoms with Gasteiger partial charge in [0.15, 0.2) is 0 Å². The highest BCUT2D eigenvalue weighted by Gasteiger charge is 2.09. The van der Waals surface area contributed by atoms with Gasteiger partial charge in [-0.25, -0.2) is 9.97 Å². The van der Waals surface area contributed by atoms with Gasteiger partial charge in [0, 0.05) is 30.8 Å². The Morgan fingerprint density at radius 2 is 2.14 bits per heavy atom. The van der Waals surface area contributed by atoms with Gasteiger partial charge in [0.2, 0.25) is 0 Å². The van der Waals surface area contributed by atoms with Crippen LogP contribution in [0.25, 0.3) is 0 Å². The Hall–Kier alpha value is -1.99. The predicted molar refractivity (Wildman–Crippen MR) is 88.3 cm³/mol. The first-order chi connectivity index (χ1) is 10.7. The summed E-state index contributed by atoms with van der Waals surface area (Å²) < 4.78 is 5.85. The van der Waals surface area contributed by atoms with Crippen molar-refractivity contribution in [2.45, 2.75) is 6.42 Å². The maximum atomic E-state index is 12.0. The minimum Gasteiger partial charge on any atom is -0.385 e. The summed E-state index contributed by atoms with van der Waals surface area (Å²) >= 11 is 3.45. The molecule has 0 fully saturated rings. The molecule has 7 heteroatoms. The molecule has 22 heavy (non-hydrogen) atoms. The van der Waals surface area contributed by atoms with Crippen molar-refractivity contribution < 1.29 is 9.53 Å². The van der Waals surface area contributed by atoms with E-state index in [2.05, 4.69) is 36.5 Å². The lowest BCUT2D eigenvalue weighted by Gasteiger charge is -2.09. The fourth-order valence-corrected chi connectivity index (χ4v) is 2.14. The number of aromatic nitrogens is 2. The van der Waals surface area contributed by atoms with Gasteiger partial charge < -0.3 is 15.4 Å². The van der Waals surface area contributed by atoms with Gasteiger partial charge in [0.25, 0.3) is 5.91 Å². The Balaban J connectivity index is 2.00. The second-order valence-electron chi connectivity index (χ2n) is 4.50. The van der Waals surface area contributed by atoms with E-state index >= 15 is 0 Å². The van der Waals surface area contributed by atoms with Gasteiger partial charge in [0.05, 0.1) is 5.69 Å². The van der Waals surface area contributed by atoms with E-state index in [1.807, 2.05) is 24.3 Å². The third-order valence-electron chi connectivity index (χ3n) is 2.85. The molecule has 0 saturated heterocycles. The van der Waals surface area contributed by atoms with Crippen LogP contribution in [0.5, 0.6) is 0 Å². The summed E-state index contributed by atoms with van der Waals surface area (Å²) in [7, 11) is 1.63. The number of carbonyl (C=O) groups excluding carboxylic acids is 1. The minimum atomic E-state index is -0.228. The number of amides is 1. The molecule has 2 N–H and O–H groups in total. The number of nitrogens with zero attached hydrogens (tertiary/aromatic N) is 2. The van der Waals surface area contributed by atoms with Crippen LogP contribution in [0.3, 0.4) is 0 Å². The van der Waals surface area contributed by atoms with E-state index in [1.54, 1.807) is 13.2 Å². The predicted octanol–water partition coefficient (Wildman–Crippen LogP) is 2.75. The molecule has 1 aromatic heterocycles. The van der Waals surface area contributed by atoms with Crippen molar-refractivity contribution >= 4 is 33.3 Å². The molecule has 0 radical (unpaired) electrons. The van der Waals surface area contributed by atoms with E-state index in [9.17, 15) is 4.79 Å². The molecule has 0 unspecified atom stereocenters.